The highest BCUT2D eigenvalue weighted by Crippen LogP contribution is 2.38. The van der Waals surface area contributed by atoms with E-state index in [0.717, 1.165) is 12.8 Å². The summed E-state index contributed by atoms with van der Waals surface area (Å²) in [5.41, 5.74) is -1.12. The van der Waals surface area contributed by atoms with Crippen molar-refractivity contribution < 1.29 is 27.9 Å². The summed E-state index contributed by atoms with van der Waals surface area (Å²) in [5, 5.41) is 9.39. The van der Waals surface area contributed by atoms with E-state index in [1.807, 2.05) is 6.92 Å². The van der Waals surface area contributed by atoms with Crippen molar-refractivity contribution in [3.05, 3.63) is 0 Å². The second-order valence-electron chi connectivity index (χ2n) is 5.42. The highest BCUT2D eigenvalue weighted by Gasteiger charge is 2.42. The van der Waals surface area contributed by atoms with Gasteiger partial charge in [0.05, 0.1) is 12.0 Å². The Bertz CT molecular complexity index is 482. The summed E-state index contributed by atoms with van der Waals surface area (Å²) in [7, 11) is -4.13. The van der Waals surface area contributed by atoms with Crippen molar-refractivity contribution in [2.75, 3.05) is 13.2 Å². The normalized spacial score (nSPS) is 26.1. The first kappa shape index (κ1) is 17.7. The summed E-state index contributed by atoms with van der Waals surface area (Å²) >= 11 is 0. The van der Waals surface area contributed by atoms with Crippen molar-refractivity contribution in [2.45, 2.75) is 39.5 Å². The minimum Gasteiger partial charge on any atom is -0.481 e. The van der Waals surface area contributed by atoms with Gasteiger partial charge in [0.15, 0.2) is 0 Å². The summed E-state index contributed by atoms with van der Waals surface area (Å²) in [4.78, 5) is 22.6. The van der Waals surface area contributed by atoms with Gasteiger partial charge >= 0.3 is 22.3 Å². The number of hydrogen-bond acceptors (Lipinski definition) is 5. The van der Waals surface area contributed by atoms with E-state index >= 15 is 0 Å². The molecule has 1 amide bonds. The number of aliphatic carboxylic acids is 1. The van der Waals surface area contributed by atoms with Crippen molar-refractivity contribution in [1.82, 2.24) is 9.44 Å². The first-order valence-corrected chi connectivity index (χ1v) is 8.36. The zero-order chi connectivity index (χ0) is 16.1. The lowest BCUT2D eigenvalue weighted by atomic mass is 9.71. The van der Waals surface area contributed by atoms with E-state index in [1.54, 1.807) is 11.6 Å². The molecule has 0 spiro atoms. The summed E-state index contributed by atoms with van der Waals surface area (Å²) in [6.07, 6.45) is 1.20. The number of rotatable bonds is 6. The first-order valence-electron chi connectivity index (χ1n) is 6.88. The Hall–Kier alpha value is -1.35. The average molecular weight is 322 g/mol. The number of carboxylic acid groups (broad SMARTS) is 1. The number of amides is 1. The van der Waals surface area contributed by atoms with Gasteiger partial charge in [0, 0.05) is 6.54 Å². The van der Waals surface area contributed by atoms with Crippen LogP contribution >= 0.6 is 0 Å². The van der Waals surface area contributed by atoms with Gasteiger partial charge < -0.3 is 9.84 Å². The molecule has 0 saturated heterocycles. The highest BCUT2D eigenvalue weighted by molar-refractivity contribution is 7.88. The Morgan fingerprint density at radius 3 is 2.38 bits per heavy atom. The molecule has 21 heavy (non-hydrogen) atoms. The quantitative estimate of drug-likeness (QED) is 0.666. The monoisotopic (exact) mass is 322 g/mol. The van der Waals surface area contributed by atoms with E-state index in [9.17, 15) is 23.1 Å². The van der Waals surface area contributed by atoms with E-state index in [-0.39, 0.29) is 13.2 Å². The molecule has 1 rings (SSSR count). The van der Waals surface area contributed by atoms with E-state index < -0.39 is 27.7 Å². The predicted octanol–water partition coefficient (Wildman–Crippen LogP) is 0.848. The number of carboxylic acids is 1. The Morgan fingerprint density at radius 2 is 1.90 bits per heavy atom. The fourth-order valence-corrected chi connectivity index (χ4v) is 3.14. The fraction of sp³-hybridized carbons (Fsp3) is 0.833. The molecule has 1 saturated carbocycles. The number of carbonyl (C=O) groups excluding carboxylic acids is 1. The topological polar surface area (TPSA) is 122 Å². The molecule has 1 aliphatic carbocycles. The molecular weight excluding hydrogens is 300 g/mol. The largest absolute Gasteiger partial charge is 0.481 e. The van der Waals surface area contributed by atoms with Crippen LogP contribution in [0.1, 0.15) is 39.5 Å². The molecule has 0 aliphatic heterocycles. The molecule has 0 aromatic heterocycles. The molecule has 0 heterocycles. The molecule has 1 aliphatic rings. The van der Waals surface area contributed by atoms with Gasteiger partial charge in [-0.05, 0) is 38.5 Å². The fourth-order valence-electron chi connectivity index (χ4n) is 2.32. The summed E-state index contributed by atoms with van der Waals surface area (Å²) in [6.45, 7) is 3.38. The molecule has 0 aromatic carbocycles. The zero-order valence-corrected chi connectivity index (χ0v) is 13.0. The van der Waals surface area contributed by atoms with Crippen LogP contribution in [0.3, 0.4) is 0 Å². The van der Waals surface area contributed by atoms with Crippen molar-refractivity contribution in [3.8, 4) is 0 Å². The van der Waals surface area contributed by atoms with Crippen molar-refractivity contribution in [1.29, 1.82) is 0 Å². The molecule has 122 valence electrons. The van der Waals surface area contributed by atoms with Gasteiger partial charge in [0.1, 0.15) is 0 Å². The Labute approximate surface area is 124 Å². The number of carbonyl (C=O) groups is 2. The average Bonchev–Trinajstić information content (AvgIpc) is 2.38. The van der Waals surface area contributed by atoms with Gasteiger partial charge in [-0.3, -0.25) is 4.79 Å². The summed E-state index contributed by atoms with van der Waals surface area (Å²) in [6, 6.07) is 0. The maximum absolute atomic E-state index is 11.7. The third-order valence-corrected chi connectivity index (χ3v) is 4.74. The molecule has 0 bridgehead atoms. The standard InChI is InChI=1S/C12H22N2O6S/c1-3-20-11(17)14-21(18,19)13-8-12(10(15)16)6-4-9(2)5-7-12/h9,13H,3-8H2,1-2H3,(H,14,17)(H,15,16). The van der Waals surface area contributed by atoms with Crippen LogP contribution in [0.25, 0.3) is 0 Å². The smallest absolute Gasteiger partial charge is 0.421 e. The van der Waals surface area contributed by atoms with E-state index in [0.29, 0.717) is 18.8 Å². The lowest BCUT2D eigenvalue weighted by molar-refractivity contribution is -0.151. The Balaban J connectivity index is 2.65. The summed E-state index contributed by atoms with van der Waals surface area (Å²) in [5.74, 6) is -0.583. The molecular formula is C12H22N2O6S. The van der Waals surface area contributed by atoms with E-state index in [2.05, 4.69) is 9.46 Å². The van der Waals surface area contributed by atoms with Gasteiger partial charge in [0.25, 0.3) is 0 Å². The lowest BCUT2D eigenvalue weighted by Crippen LogP contribution is -2.49. The number of nitrogens with one attached hydrogen (secondary N) is 2. The third-order valence-electron chi connectivity index (χ3n) is 3.78. The predicted molar refractivity (Wildman–Crippen MR) is 74.8 cm³/mol. The third kappa shape index (κ3) is 5.16. The number of hydrogen-bond donors (Lipinski definition) is 3. The van der Waals surface area contributed by atoms with Crippen LogP contribution in [-0.2, 0) is 19.7 Å². The zero-order valence-electron chi connectivity index (χ0n) is 12.2. The van der Waals surface area contributed by atoms with Gasteiger partial charge in [-0.15, -0.1) is 0 Å². The van der Waals surface area contributed by atoms with Crippen molar-refractivity contribution in [3.63, 3.8) is 0 Å². The van der Waals surface area contributed by atoms with Gasteiger partial charge in [0.2, 0.25) is 0 Å². The Kier molecular flexibility index (Phi) is 5.97. The van der Waals surface area contributed by atoms with Crippen LogP contribution < -0.4 is 9.44 Å². The van der Waals surface area contributed by atoms with Gasteiger partial charge in [-0.25, -0.2) is 9.52 Å². The maximum atomic E-state index is 11.7. The van der Waals surface area contributed by atoms with Crippen LogP contribution in [0.4, 0.5) is 4.79 Å². The van der Waals surface area contributed by atoms with Crippen LogP contribution in [-0.4, -0.2) is 38.7 Å². The van der Waals surface area contributed by atoms with Gasteiger partial charge in [-0.1, -0.05) is 6.92 Å². The first-order chi connectivity index (χ1) is 9.71. The van der Waals surface area contributed by atoms with Crippen LogP contribution in [0, 0.1) is 11.3 Å². The second kappa shape index (κ2) is 7.08. The van der Waals surface area contributed by atoms with E-state index in [4.69, 9.17) is 0 Å². The molecule has 0 aromatic rings. The summed E-state index contributed by atoms with van der Waals surface area (Å²) < 4.78 is 31.6. The molecule has 3 N–H and O–H groups in total. The number of ether oxygens (including phenoxy) is 1. The molecule has 9 heteroatoms. The molecule has 0 radical (unpaired) electrons. The SMILES string of the molecule is CCOC(=O)NS(=O)(=O)NCC1(C(=O)O)CCC(C)CC1. The van der Waals surface area contributed by atoms with Crippen molar-refractivity contribution >= 4 is 22.3 Å². The second-order valence-corrected chi connectivity index (χ2v) is 6.91. The maximum Gasteiger partial charge on any atom is 0.421 e. The lowest BCUT2D eigenvalue weighted by Gasteiger charge is -2.35. The minimum absolute atomic E-state index is 0.0400. The highest BCUT2D eigenvalue weighted by atomic mass is 32.2. The van der Waals surface area contributed by atoms with Crippen molar-refractivity contribution in [2.24, 2.45) is 11.3 Å². The molecule has 8 nitrogen and oxygen atoms in total. The molecule has 1 fully saturated rings. The van der Waals surface area contributed by atoms with Crippen LogP contribution in [0.15, 0.2) is 0 Å². The minimum atomic E-state index is -4.13. The van der Waals surface area contributed by atoms with Crippen LogP contribution in [0.5, 0.6) is 0 Å². The molecule has 0 atom stereocenters. The van der Waals surface area contributed by atoms with Crippen LogP contribution in [0.2, 0.25) is 0 Å². The molecule has 0 unspecified atom stereocenters. The Morgan fingerprint density at radius 1 is 1.33 bits per heavy atom. The van der Waals surface area contributed by atoms with E-state index in [1.165, 1.54) is 0 Å². The van der Waals surface area contributed by atoms with Gasteiger partial charge in [-0.2, -0.15) is 13.1 Å².